The number of hydrogen-bond acceptors (Lipinski definition) is 5. The topological polar surface area (TPSA) is 54.6 Å². The molecule has 1 atom stereocenters. The maximum absolute atomic E-state index is 5.79. The molecule has 5 nitrogen and oxygen atoms in total. The van der Waals surface area contributed by atoms with Crippen molar-refractivity contribution in [2.45, 2.75) is 19.4 Å². The molecular weight excluding hydrogens is 228 g/mol. The summed E-state index contributed by atoms with van der Waals surface area (Å²) in [7, 11) is 3.78. The number of nitrogens with two attached hydrogens (primary N) is 1. The normalized spacial score (nSPS) is 21.1. The third kappa shape index (κ3) is 2.51. The molecule has 0 saturated carbocycles. The van der Waals surface area contributed by atoms with E-state index in [-0.39, 0.29) is 0 Å². The third-order valence-corrected chi connectivity index (χ3v) is 3.64. The van der Waals surface area contributed by atoms with Gasteiger partial charge >= 0.3 is 0 Å². The molecule has 5 heteroatoms. The molecule has 0 radical (unpaired) electrons. The van der Waals surface area contributed by atoms with Gasteiger partial charge in [0, 0.05) is 25.7 Å². The standard InChI is InChI=1S/C13H22N4O/c1-4-10-9-17(8-7-16(10)2)12-6-5-11(14)13(15-12)18-3/h5-6,10H,4,7-9,14H2,1-3H3. The smallest absolute Gasteiger partial charge is 0.238 e. The lowest BCUT2D eigenvalue weighted by Gasteiger charge is -2.39. The van der Waals surface area contributed by atoms with Crippen LogP contribution in [0.5, 0.6) is 5.88 Å². The molecule has 1 aromatic rings. The van der Waals surface area contributed by atoms with Gasteiger partial charge in [-0.2, -0.15) is 4.98 Å². The first-order valence-electron chi connectivity index (χ1n) is 6.41. The van der Waals surface area contributed by atoms with Gasteiger partial charge < -0.3 is 15.4 Å². The Morgan fingerprint density at radius 3 is 2.89 bits per heavy atom. The van der Waals surface area contributed by atoms with Gasteiger partial charge in [0.1, 0.15) is 5.82 Å². The van der Waals surface area contributed by atoms with Crippen molar-refractivity contribution in [3.8, 4) is 5.88 Å². The number of nitrogen functional groups attached to an aromatic ring is 1. The monoisotopic (exact) mass is 250 g/mol. The quantitative estimate of drug-likeness (QED) is 0.873. The number of pyridine rings is 1. The molecule has 1 fully saturated rings. The van der Waals surface area contributed by atoms with E-state index in [1.54, 1.807) is 7.11 Å². The summed E-state index contributed by atoms with van der Waals surface area (Å²) < 4.78 is 5.18. The van der Waals surface area contributed by atoms with E-state index < -0.39 is 0 Å². The van der Waals surface area contributed by atoms with Crippen molar-refractivity contribution < 1.29 is 4.74 Å². The Kier molecular flexibility index (Phi) is 3.91. The molecule has 1 aromatic heterocycles. The number of likely N-dealkylation sites (N-methyl/N-ethyl adjacent to an activating group) is 1. The molecule has 2 rings (SSSR count). The number of aromatic nitrogens is 1. The Labute approximate surface area is 109 Å². The van der Waals surface area contributed by atoms with E-state index in [2.05, 4.69) is 28.8 Å². The molecule has 1 unspecified atom stereocenters. The fourth-order valence-electron chi connectivity index (χ4n) is 2.38. The fourth-order valence-corrected chi connectivity index (χ4v) is 2.38. The number of anilines is 2. The summed E-state index contributed by atoms with van der Waals surface area (Å²) >= 11 is 0. The molecule has 1 aliphatic rings. The van der Waals surface area contributed by atoms with E-state index >= 15 is 0 Å². The average molecular weight is 250 g/mol. The molecule has 0 spiro atoms. The molecule has 100 valence electrons. The minimum Gasteiger partial charge on any atom is -0.479 e. The van der Waals surface area contributed by atoms with Gasteiger partial charge in [-0.1, -0.05) is 6.92 Å². The Balaban J connectivity index is 2.16. The summed E-state index contributed by atoms with van der Waals surface area (Å²) in [5, 5.41) is 0. The zero-order valence-corrected chi connectivity index (χ0v) is 11.4. The third-order valence-electron chi connectivity index (χ3n) is 3.64. The molecule has 0 amide bonds. The van der Waals surface area contributed by atoms with Gasteiger partial charge in [-0.15, -0.1) is 0 Å². The first-order chi connectivity index (χ1) is 8.65. The lowest BCUT2D eigenvalue weighted by atomic mass is 10.1. The highest BCUT2D eigenvalue weighted by molar-refractivity contribution is 5.54. The molecule has 2 heterocycles. The van der Waals surface area contributed by atoms with Crippen molar-refractivity contribution in [3.05, 3.63) is 12.1 Å². The van der Waals surface area contributed by atoms with E-state index in [0.717, 1.165) is 31.9 Å². The number of ether oxygens (including phenoxy) is 1. The molecule has 1 saturated heterocycles. The molecule has 2 N–H and O–H groups in total. The van der Waals surface area contributed by atoms with Crippen LogP contribution in [0, 0.1) is 0 Å². The second-order valence-electron chi connectivity index (χ2n) is 4.76. The average Bonchev–Trinajstić information content (AvgIpc) is 2.40. The van der Waals surface area contributed by atoms with Crippen LogP contribution in [-0.2, 0) is 0 Å². The van der Waals surface area contributed by atoms with Crippen LogP contribution < -0.4 is 15.4 Å². The van der Waals surface area contributed by atoms with Crippen LogP contribution in [0.1, 0.15) is 13.3 Å². The lowest BCUT2D eigenvalue weighted by molar-refractivity contribution is 0.212. The number of nitrogens with zero attached hydrogens (tertiary/aromatic N) is 3. The zero-order valence-electron chi connectivity index (χ0n) is 11.4. The minimum absolute atomic E-state index is 0.513. The number of methoxy groups -OCH3 is 1. The zero-order chi connectivity index (χ0) is 13.1. The van der Waals surface area contributed by atoms with Gasteiger partial charge in [0.05, 0.1) is 12.8 Å². The lowest BCUT2D eigenvalue weighted by Crippen LogP contribution is -2.51. The molecule has 0 bridgehead atoms. The summed E-state index contributed by atoms with van der Waals surface area (Å²) in [6, 6.07) is 4.42. The van der Waals surface area contributed by atoms with Gasteiger partial charge in [-0.3, -0.25) is 4.90 Å². The predicted octanol–water partition coefficient (Wildman–Crippen LogP) is 1.20. The summed E-state index contributed by atoms with van der Waals surface area (Å²) in [6.07, 6.45) is 1.15. The first kappa shape index (κ1) is 13.0. The Hall–Kier alpha value is -1.49. The minimum atomic E-state index is 0.513. The second kappa shape index (κ2) is 5.44. The predicted molar refractivity (Wildman–Crippen MR) is 74.1 cm³/mol. The van der Waals surface area contributed by atoms with E-state index in [0.29, 0.717) is 17.6 Å². The summed E-state index contributed by atoms with van der Waals surface area (Å²) in [5.41, 5.74) is 6.38. The molecule has 18 heavy (non-hydrogen) atoms. The van der Waals surface area contributed by atoms with Crippen LogP contribution in [0.3, 0.4) is 0 Å². The van der Waals surface area contributed by atoms with Gasteiger partial charge in [0.15, 0.2) is 0 Å². The second-order valence-corrected chi connectivity index (χ2v) is 4.76. The summed E-state index contributed by atoms with van der Waals surface area (Å²) in [6.45, 7) is 5.29. The summed E-state index contributed by atoms with van der Waals surface area (Å²) in [4.78, 5) is 9.18. The number of rotatable bonds is 3. The van der Waals surface area contributed by atoms with Gasteiger partial charge in [0.2, 0.25) is 5.88 Å². The Morgan fingerprint density at radius 1 is 1.44 bits per heavy atom. The number of hydrogen-bond donors (Lipinski definition) is 1. The van der Waals surface area contributed by atoms with E-state index in [9.17, 15) is 0 Å². The van der Waals surface area contributed by atoms with Crippen LogP contribution in [-0.4, -0.2) is 49.7 Å². The van der Waals surface area contributed by atoms with Crippen molar-refractivity contribution in [2.24, 2.45) is 0 Å². The van der Waals surface area contributed by atoms with E-state index in [1.807, 2.05) is 12.1 Å². The SMILES string of the molecule is CCC1CN(c2ccc(N)c(OC)n2)CCN1C. The molecule has 1 aliphatic heterocycles. The van der Waals surface area contributed by atoms with Crippen molar-refractivity contribution in [1.82, 2.24) is 9.88 Å². The van der Waals surface area contributed by atoms with Crippen LogP contribution in [0.15, 0.2) is 12.1 Å². The highest BCUT2D eigenvalue weighted by atomic mass is 16.5. The maximum atomic E-state index is 5.79. The van der Waals surface area contributed by atoms with Crippen LogP contribution in [0.4, 0.5) is 11.5 Å². The van der Waals surface area contributed by atoms with Crippen molar-refractivity contribution in [3.63, 3.8) is 0 Å². The van der Waals surface area contributed by atoms with Gasteiger partial charge in [-0.05, 0) is 25.6 Å². The Morgan fingerprint density at radius 2 is 2.22 bits per heavy atom. The largest absolute Gasteiger partial charge is 0.479 e. The molecule has 0 aliphatic carbocycles. The molecular formula is C13H22N4O. The fraction of sp³-hybridized carbons (Fsp3) is 0.615. The van der Waals surface area contributed by atoms with Crippen LogP contribution in [0.25, 0.3) is 0 Å². The van der Waals surface area contributed by atoms with Crippen molar-refractivity contribution >= 4 is 11.5 Å². The highest BCUT2D eigenvalue weighted by Gasteiger charge is 2.24. The van der Waals surface area contributed by atoms with Gasteiger partial charge in [0.25, 0.3) is 0 Å². The first-order valence-corrected chi connectivity index (χ1v) is 6.41. The van der Waals surface area contributed by atoms with Crippen molar-refractivity contribution in [2.75, 3.05) is 44.4 Å². The summed E-state index contributed by atoms with van der Waals surface area (Å²) in [5.74, 6) is 1.46. The van der Waals surface area contributed by atoms with Gasteiger partial charge in [-0.25, -0.2) is 0 Å². The van der Waals surface area contributed by atoms with Crippen molar-refractivity contribution in [1.29, 1.82) is 0 Å². The van der Waals surface area contributed by atoms with E-state index in [4.69, 9.17) is 10.5 Å². The van der Waals surface area contributed by atoms with Crippen LogP contribution in [0.2, 0.25) is 0 Å². The highest BCUT2D eigenvalue weighted by Crippen LogP contribution is 2.24. The maximum Gasteiger partial charge on any atom is 0.238 e. The molecule has 0 aromatic carbocycles. The van der Waals surface area contributed by atoms with E-state index in [1.165, 1.54) is 0 Å². The number of piperazine rings is 1. The van der Waals surface area contributed by atoms with Crippen LogP contribution >= 0.6 is 0 Å². The Bertz CT molecular complexity index is 410.